The Balaban J connectivity index is 0.000000261. The Bertz CT molecular complexity index is 2840. The van der Waals surface area contributed by atoms with E-state index in [1.54, 1.807) is 31.2 Å². The van der Waals surface area contributed by atoms with Crippen LogP contribution in [-0.2, 0) is 51.5 Å². The number of hydrogen-bond acceptors (Lipinski definition) is 19. The van der Waals surface area contributed by atoms with Gasteiger partial charge < -0.3 is 70.9 Å². The van der Waals surface area contributed by atoms with Gasteiger partial charge in [-0.05, 0) is 75.1 Å². The van der Waals surface area contributed by atoms with Gasteiger partial charge in [-0.1, -0.05) is 18.9 Å². The van der Waals surface area contributed by atoms with Crippen molar-refractivity contribution in [3.05, 3.63) is 105 Å². The molecule has 1 fully saturated rings. The lowest BCUT2D eigenvalue weighted by atomic mass is 9.77. The number of carbonyl (C=O) groups excluding carboxylic acids is 4. The van der Waals surface area contributed by atoms with E-state index in [1.807, 2.05) is 0 Å². The predicted molar refractivity (Wildman–Crippen MR) is 250 cm³/mol. The van der Waals surface area contributed by atoms with Crippen LogP contribution in [-0.4, -0.2) is 94.7 Å². The van der Waals surface area contributed by atoms with Crippen molar-refractivity contribution in [3.8, 4) is 23.0 Å². The third-order valence-corrected chi connectivity index (χ3v) is 15.0. The molecule has 4 heterocycles. The van der Waals surface area contributed by atoms with Crippen molar-refractivity contribution >= 4 is 52.9 Å². The molecule has 7 rings (SSSR count). The number of nitrogens with one attached hydrogen (secondary N) is 2. The molecule has 3 aromatic carbocycles. The Labute approximate surface area is 410 Å². The Kier molecular flexibility index (Phi) is 18.0. The second-order valence-electron chi connectivity index (χ2n) is 16.7. The number of ketones is 1. The maximum absolute atomic E-state index is 13.3. The van der Waals surface area contributed by atoms with E-state index in [0.29, 0.717) is 61.0 Å². The average molecular weight is 1070 g/mol. The number of benzene rings is 3. The standard InChI is InChI=1S/C34H36N2O8.C9H17N4O12P3/c1-21(37)8-4-2-6-16-35-31(40)9-5-3-7-17-36-32(41)22-10-13-26-25(18-22)33(42)44-34(26)27-14-11-23(38)19-29(27)43-30-20-24(39)12-15-28(30)34;10-5-3-8(13-2-1-7(11)12-9(13)14)23-6(5)4-22-27(18,19)25-28(20,21)24-26(15,16)17/h10-15,18-20,38-39H,2-9,16-17H2,1H3,(H,35,40)(H,36,41);1-2,5-6,8H,3-4,10H2,(H,18,19)(H,20,21)(H2,11,12,14)(H2,15,16,17)/t;5-,6+,8+/m.0/s1. The molecule has 0 radical (unpaired) electrons. The van der Waals surface area contributed by atoms with Crippen molar-refractivity contribution in [1.29, 1.82) is 0 Å². The number of nitrogens with zero attached hydrogens (tertiary/aromatic N) is 2. The number of aromatic nitrogens is 2. The number of phosphoric ester groups is 1. The first kappa shape index (κ1) is 55.5. The molecule has 3 aliphatic heterocycles. The first-order chi connectivity index (χ1) is 33.9. The number of nitrogens with two attached hydrogens (primary N) is 2. The number of anilines is 1. The summed E-state index contributed by atoms with van der Waals surface area (Å²) in [7, 11) is -16.4. The number of phenols is 2. The molecule has 1 saturated heterocycles. The molecule has 4 aromatic rings. The maximum Gasteiger partial charge on any atom is 0.490 e. The van der Waals surface area contributed by atoms with Crippen LogP contribution < -0.4 is 32.5 Å². The second kappa shape index (κ2) is 23.4. The minimum Gasteiger partial charge on any atom is -0.508 e. The van der Waals surface area contributed by atoms with E-state index in [4.69, 9.17) is 40.4 Å². The number of phenolic OH excluding ortho intramolecular Hbond substituents is 2. The van der Waals surface area contributed by atoms with E-state index in [2.05, 4.69) is 28.8 Å². The van der Waals surface area contributed by atoms with Crippen molar-refractivity contribution in [2.45, 2.75) is 88.7 Å². The van der Waals surface area contributed by atoms with Gasteiger partial charge in [0.25, 0.3) is 5.91 Å². The first-order valence-corrected chi connectivity index (χ1v) is 26.7. The van der Waals surface area contributed by atoms with Crippen molar-refractivity contribution in [2.75, 3.05) is 25.4 Å². The van der Waals surface area contributed by atoms with Crippen LogP contribution in [0.4, 0.5) is 5.82 Å². The highest BCUT2D eigenvalue weighted by Gasteiger charge is 2.54. The lowest BCUT2D eigenvalue weighted by molar-refractivity contribution is -0.121. The number of unbranched alkanes of at least 4 members (excludes halogenated alkanes) is 4. The fourth-order valence-corrected chi connectivity index (χ4v) is 11.0. The van der Waals surface area contributed by atoms with Gasteiger partial charge in [-0.25, -0.2) is 23.3 Å². The smallest absolute Gasteiger partial charge is 0.490 e. The number of hydrogen-bond donors (Lipinski definition) is 10. The van der Waals surface area contributed by atoms with E-state index in [-0.39, 0.29) is 58.4 Å². The summed E-state index contributed by atoms with van der Waals surface area (Å²) in [5.74, 6) is -0.245. The molecule has 3 aliphatic rings. The molecule has 1 aromatic heterocycles. The number of fused-ring (bicyclic) bond motifs is 6. The molecule has 1 spiro atoms. The highest BCUT2D eigenvalue weighted by molar-refractivity contribution is 7.66. The van der Waals surface area contributed by atoms with Crippen LogP contribution in [0.15, 0.2) is 71.7 Å². The number of rotatable bonds is 21. The first-order valence-electron chi connectivity index (χ1n) is 22.2. The van der Waals surface area contributed by atoms with Gasteiger partial charge in [0.05, 0.1) is 18.3 Å². The normalized spacial score (nSPS) is 19.0. The van der Waals surface area contributed by atoms with Crippen molar-refractivity contribution in [1.82, 2.24) is 20.2 Å². The average Bonchev–Trinajstić information content (AvgIpc) is 3.79. The van der Waals surface area contributed by atoms with Crippen molar-refractivity contribution in [2.24, 2.45) is 5.73 Å². The summed E-state index contributed by atoms with van der Waals surface area (Å²) in [5, 5.41) is 25.9. The van der Waals surface area contributed by atoms with Crippen molar-refractivity contribution in [3.63, 3.8) is 0 Å². The Morgan fingerprint density at radius 1 is 0.806 bits per heavy atom. The van der Waals surface area contributed by atoms with E-state index >= 15 is 0 Å². The maximum atomic E-state index is 13.3. The van der Waals surface area contributed by atoms with Gasteiger partial charge in [-0.2, -0.15) is 13.6 Å². The summed E-state index contributed by atoms with van der Waals surface area (Å²) in [4.78, 5) is 99.9. The van der Waals surface area contributed by atoms with Gasteiger partial charge in [0, 0.05) is 79.0 Å². The Morgan fingerprint density at radius 2 is 1.42 bits per heavy atom. The minimum absolute atomic E-state index is 0.00628. The van der Waals surface area contributed by atoms with Crippen molar-refractivity contribution < 1.29 is 90.0 Å². The molecule has 0 aliphatic carbocycles. The lowest BCUT2D eigenvalue weighted by Crippen LogP contribution is -2.33. The largest absolute Gasteiger partial charge is 0.508 e. The number of aromatic hydroxyl groups is 2. The number of nitrogen functional groups attached to an aromatic ring is 1. The van der Waals surface area contributed by atoms with Gasteiger partial charge >= 0.3 is 35.1 Å². The van der Waals surface area contributed by atoms with Crippen LogP contribution in [0.1, 0.15) is 108 Å². The quantitative estimate of drug-likeness (QED) is 0.0320. The van der Waals surface area contributed by atoms with Gasteiger partial charge in [0.2, 0.25) is 5.91 Å². The fourth-order valence-electron chi connectivity index (χ4n) is 7.93. The SMILES string of the molecule is CC(=O)CCCCCNC(=O)CCCCCNC(=O)c1ccc2c(c1)C(=O)OC21c2ccc(O)cc2Oc2cc(O)ccc21.Nc1ccn([C@H]2C[C@H](N)[C@@H](COP(=O)(O)OP(=O)(O)OP(=O)(O)O)O2)c(=O)n1. The van der Waals surface area contributed by atoms with Crippen LogP contribution in [0, 0.1) is 0 Å². The molecular weight excluding hydrogens is 1010 g/mol. The van der Waals surface area contributed by atoms with Gasteiger partial charge in [-0.15, -0.1) is 0 Å². The molecule has 0 saturated carbocycles. The van der Waals surface area contributed by atoms with E-state index in [0.717, 1.165) is 30.3 Å². The molecule has 29 heteroatoms. The predicted octanol–water partition coefficient (Wildman–Crippen LogP) is 4.01. The molecule has 72 heavy (non-hydrogen) atoms. The van der Waals surface area contributed by atoms with Crippen LogP contribution in [0.25, 0.3) is 0 Å². The molecule has 12 N–H and O–H groups in total. The van der Waals surface area contributed by atoms with Gasteiger partial charge in [-0.3, -0.25) is 18.7 Å². The van der Waals surface area contributed by atoms with Crippen LogP contribution in [0.3, 0.4) is 0 Å². The van der Waals surface area contributed by atoms with Gasteiger partial charge in [0.1, 0.15) is 40.8 Å². The van der Waals surface area contributed by atoms with Gasteiger partial charge in [0.15, 0.2) is 5.60 Å². The van der Waals surface area contributed by atoms with E-state index < -0.39 is 65.7 Å². The molecule has 390 valence electrons. The monoisotopic (exact) mass is 1070 g/mol. The summed E-state index contributed by atoms with van der Waals surface area (Å²) in [6.07, 6.45) is 5.30. The zero-order valence-corrected chi connectivity index (χ0v) is 41.0. The highest BCUT2D eigenvalue weighted by atomic mass is 31.3. The minimum atomic E-state index is -5.62. The van der Waals surface area contributed by atoms with E-state index in [1.165, 1.54) is 42.6 Å². The fraction of sp³-hybridized carbons (Fsp3) is 0.395. The molecule has 2 unspecified atom stereocenters. The Hall–Kier alpha value is -5.85. The molecule has 0 bridgehead atoms. The number of phosphoric acid groups is 3. The second-order valence-corrected chi connectivity index (χ2v) is 21.1. The summed E-state index contributed by atoms with van der Waals surface area (Å²) < 4.78 is 63.7. The zero-order valence-electron chi connectivity index (χ0n) is 38.4. The highest BCUT2D eigenvalue weighted by Crippen LogP contribution is 2.66. The summed E-state index contributed by atoms with van der Waals surface area (Å²) in [6.45, 7) is 1.90. The summed E-state index contributed by atoms with van der Waals surface area (Å²) in [5.41, 5.74) is 11.2. The van der Waals surface area contributed by atoms with Crippen LogP contribution >= 0.6 is 23.5 Å². The Morgan fingerprint density at radius 3 is 2.03 bits per heavy atom. The molecule has 26 nitrogen and oxygen atoms in total. The van der Waals surface area contributed by atoms with E-state index in [9.17, 15) is 52.8 Å². The lowest BCUT2D eigenvalue weighted by Gasteiger charge is -2.36. The summed E-state index contributed by atoms with van der Waals surface area (Å²) >= 11 is 0. The topological polar surface area (TPSA) is 407 Å². The number of amides is 2. The number of Topliss-reactive ketones (excluding diaryl/α,β-unsaturated/α-hetero) is 1. The summed E-state index contributed by atoms with van der Waals surface area (Å²) in [6, 6.07) is 14.5. The molecule has 5 atom stereocenters. The number of ether oxygens (including phenoxy) is 3. The number of carbonyl (C=O) groups is 4. The third-order valence-electron chi connectivity index (χ3n) is 11.2. The third kappa shape index (κ3) is 14.4. The molecular formula is C43H53N6O20P3. The molecule has 2 amide bonds. The van der Waals surface area contributed by atoms with Crippen LogP contribution in [0.5, 0.6) is 23.0 Å². The zero-order chi connectivity index (χ0) is 52.6. The number of esters is 1. The van der Waals surface area contributed by atoms with Crippen LogP contribution in [0.2, 0.25) is 0 Å².